The second-order valence-electron chi connectivity index (χ2n) is 4.26. The van der Waals surface area contributed by atoms with E-state index in [0.29, 0.717) is 15.6 Å². The van der Waals surface area contributed by atoms with Crippen LogP contribution in [0.5, 0.6) is 5.75 Å². The van der Waals surface area contributed by atoms with Gasteiger partial charge in [0.2, 0.25) is 0 Å². The molecule has 0 aliphatic heterocycles. The minimum absolute atomic E-state index is 0.00788. The van der Waals surface area contributed by atoms with Gasteiger partial charge >= 0.3 is 0 Å². The smallest absolute Gasteiger partial charge is 0.173 e. The highest BCUT2D eigenvalue weighted by molar-refractivity contribution is 7.20. The van der Waals surface area contributed by atoms with Crippen LogP contribution in [0.15, 0.2) is 18.2 Å². The largest absolute Gasteiger partial charge is 0.495 e. The Morgan fingerprint density at radius 2 is 2.00 bits per heavy atom. The molecule has 3 nitrogen and oxygen atoms in total. The highest BCUT2D eigenvalue weighted by Crippen LogP contribution is 2.35. The van der Waals surface area contributed by atoms with Crippen LogP contribution in [-0.4, -0.2) is 18.7 Å². The number of rotatable bonds is 5. The third-order valence-electron chi connectivity index (χ3n) is 2.77. The summed E-state index contributed by atoms with van der Waals surface area (Å²) < 4.78 is 6.09. The Balaban J connectivity index is 2.31. The molecule has 2 aromatic rings. The Labute approximate surface area is 120 Å². The van der Waals surface area contributed by atoms with E-state index in [-0.39, 0.29) is 24.4 Å². The maximum absolute atomic E-state index is 12.0. The Morgan fingerprint density at radius 1 is 1.26 bits per heavy atom. The average molecular weight is 297 g/mol. The third-order valence-corrected chi connectivity index (χ3v) is 4.20. The first kappa shape index (κ1) is 14.0. The summed E-state index contributed by atoms with van der Waals surface area (Å²) >= 11 is 7.44. The van der Waals surface area contributed by atoms with E-state index >= 15 is 0 Å². The SMILES string of the molecule is COc1cc2cc(C(=O)CCC(C)=O)sc2cc1Cl. The summed E-state index contributed by atoms with van der Waals surface area (Å²) in [5, 5.41) is 1.46. The Bertz CT molecular complexity index is 645. The van der Waals surface area contributed by atoms with E-state index in [0.717, 1.165) is 10.1 Å². The molecule has 0 fully saturated rings. The molecule has 0 saturated heterocycles. The number of ether oxygens (including phenoxy) is 1. The Hall–Kier alpha value is -1.39. The molecule has 19 heavy (non-hydrogen) atoms. The molecular weight excluding hydrogens is 284 g/mol. The fourth-order valence-electron chi connectivity index (χ4n) is 1.75. The van der Waals surface area contributed by atoms with Crippen LogP contribution in [0.3, 0.4) is 0 Å². The van der Waals surface area contributed by atoms with E-state index in [1.165, 1.54) is 18.3 Å². The van der Waals surface area contributed by atoms with Gasteiger partial charge < -0.3 is 9.53 Å². The fraction of sp³-hybridized carbons (Fsp3) is 0.286. The molecule has 0 aliphatic rings. The van der Waals surface area contributed by atoms with Crippen LogP contribution in [-0.2, 0) is 4.79 Å². The highest BCUT2D eigenvalue weighted by Gasteiger charge is 2.13. The van der Waals surface area contributed by atoms with Gasteiger partial charge in [0.1, 0.15) is 11.5 Å². The van der Waals surface area contributed by atoms with Crippen molar-refractivity contribution in [2.75, 3.05) is 7.11 Å². The predicted octanol–water partition coefficient (Wildman–Crippen LogP) is 4.12. The van der Waals surface area contributed by atoms with Crippen LogP contribution >= 0.6 is 22.9 Å². The molecule has 0 aliphatic carbocycles. The van der Waals surface area contributed by atoms with Gasteiger partial charge in [0, 0.05) is 17.5 Å². The molecule has 1 heterocycles. The van der Waals surface area contributed by atoms with E-state index in [2.05, 4.69) is 0 Å². The van der Waals surface area contributed by atoms with Gasteiger partial charge in [0.05, 0.1) is 17.0 Å². The first-order valence-electron chi connectivity index (χ1n) is 5.81. The number of ketones is 2. The van der Waals surface area contributed by atoms with Crippen molar-refractivity contribution in [1.29, 1.82) is 0 Å². The fourth-order valence-corrected chi connectivity index (χ4v) is 3.10. The molecule has 0 N–H and O–H groups in total. The molecular formula is C14H13ClO3S. The number of thiophene rings is 1. The van der Waals surface area contributed by atoms with Crippen molar-refractivity contribution in [2.24, 2.45) is 0 Å². The first-order chi connectivity index (χ1) is 9.01. The lowest BCUT2D eigenvalue weighted by Gasteiger charge is -2.01. The van der Waals surface area contributed by atoms with E-state index < -0.39 is 0 Å². The van der Waals surface area contributed by atoms with Crippen molar-refractivity contribution in [1.82, 2.24) is 0 Å². The van der Waals surface area contributed by atoms with E-state index in [1.807, 2.05) is 12.1 Å². The number of halogens is 1. The van der Waals surface area contributed by atoms with Crippen molar-refractivity contribution in [2.45, 2.75) is 19.8 Å². The molecule has 0 unspecified atom stereocenters. The summed E-state index contributed by atoms with van der Waals surface area (Å²) in [5.41, 5.74) is 0. The number of Topliss-reactive ketones (excluding diaryl/α,β-unsaturated/α-hetero) is 2. The number of hydrogen-bond donors (Lipinski definition) is 0. The van der Waals surface area contributed by atoms with Crippen LogP contribution < -0.4 is 4.74 Å². The average Bonchev–Trinajstić information content (AvgIpc) is 2.77. The quantitative estimate of drug-likeness (QED) is 0.780. The molecule has 0 amide bonds. The summed E-state index contributed by atoms with van der Waals surface area (Å²) in [4.78, 5) is 23.5. The van der Waals surface area contributed by atoms with Gasteiger partial charge in [-0.15, -0.1) is 11.3 Å². The van der Waals surface area contributed by atoms with Crippen molar-refractivity contribution in [3.05, 3.63) is 28.1 Å². The number of fused-ring (bicyclic) bond motifs is 1. The van der Waals surface area contributed by atoms with Crippen molar-refractivity contribution in [3.63, 3.8) is 0 Å². The van der Waals surface area contributed by atoms with Crippen molar-refractivity contribution in [3.8, 4) is 5.75 Å². The summed E-state index contributed by atoms with van der Waals surface area (Å²) in [7, 11) is 1.55. The zero-order valence-electron chi connectivity index (χ0n) is 10.7. The van der Waals surface area contributed by atoms with Crippen LogP contribution in [0.25, 0.3) is 10.1 Å². The number of hydrogen-bond acceptors (Lipinski definition) is 4. The van der Waals surface area contributed by atoms with Gasteiger partial charge in [0.15, 0.2) is 5.78 Å². The van der Waals surface area contributed by atoms with E-state index in [4.69, 9.17) is 16.3 Å². The Kier molecular flexibility index (Phi) is 4.22. The third kappa shape index (κ3) is 3.14. The zero-order valence-corrected chi connectivity index (χ0v) is 12.2. The summed E-state index contributed by atoms with van der Waals surface area (Å²) in [6.07, 6.45) is 0.546. The topological polar surface area (TPSA) is 43.4 Å². The Morgan fingerprint density at radius 3 is 2.63 bits per heavy atom. The number of methoxy groups -OCH3 is 1. The summed E-state index contributed by atoms with van der Waals surface area (Å²) in [6.45, 7) is 1.49. The van der Waals surface area contributed by atoms with Crippen LogP contribution in [0.1, 0.15) is 29.4 Å². The maximum atomic E-state index is 12.0. The molecule has 100 valence electrons. The molecule has 0 saturated carbocycles. The second-order valence-corrected chi connectivity index (χ2v) is 5.75. The summed E-state index contributed by atoms with van der Waals surface area (Å²) in [6, 6.07) is 5.43. The number of carbonyl (C=O) groups is 2. The monoisotopic (exact) mass is 296 g/mol. The van der Waals surface area contributed by atoms with Gasteiger partial charge in [-0.05, 0) is 30.5 Å². The lowest BCUT2D eigenvalue weighted by Crippen LogP contribution is -1.99. The van der Waals surface area contributed by atoms with Gasteiger partial charge in [0.25, 0.3) is 0 Å². The predicted molar refractivity (Wildman–Crippen MR) is 77.6 cm³/mol. The van der Waals surface area contributed by atoms with Crippen LogP contribution in [0.4, 0.5) is 0 Å². The second kappa shape index (κ2) is 5.72. The lowest BCUT2D eigenvalue weighted by atomic mass is 10.1. The maximum Gasteiger partial charge on any atom is 0.173 e. The van der Waals surface area contributed by atoms with E-state index in [9.17, 15) is 9.59 Å². The lowest BCUT2D eigenvalue weighted by molar-refractivity contribution is -0.116. The van der Waals surface area contributed by atoms with Crippen LogP contribution in [0, 0.1) is 0 Å². The minimum Gasteiger partial charge on any atom is -0.495 e. The van der Waals surface area contributed by atoms with E-state index in [1.54, 1.807) is 13.2 Å². The van der Waals surface area contributed by atoms with Gasteiger partial charge in [-0.3, -0.25) is 4.79 Å². The molecule has 5 heteroatoms. The van der Waals surface area contributed by atoms with Gasteiger partial charge in [-0.25, -0.2) is 0 Å². The minimum atomic E-state index is -0.00788. The first-order valence-corrected chi connectivity index (χ1v) is 7.00. The van der Waals surface area contributed by atoms with Gasteiger partial charge in [-0.2, -0.15) is 0 Å². The molecule has 0 bridgehead atoms. The number of benzene rings is 1. The molecule has 0 radical (unpaired) electrons. The molecule has 0 atom stereocenters. The zero-order chi connectivity index (χ0) is 14.0. The highest BCUT2D eigenvalue weighted by atomic mass is 35.5. The molecule has 1 aromatic heterocycles. The normalized spacial score (nSPS) is 10.7. The molecule has 2 rings (SSSR count). The van der Waals surface area contributed by atoms with Gasteiger partial charge in [-0.1, -0.05) is 11.6 Å². The van der Waals surface area contributed by atoms with Crippen LogP contribution in [0.2, 0.25) is 5.02 Å². The molecule has 1 aromatic carbocycles. The summed E-state index contributed by atoms with van der Waals surface area (Å²) in [5.74, 6) is 0.611. The van der Waals surface area contributed by atoms with Crippen molar-refractivity contribution >= 4 is 44.6 Å². The number of carbonyl (C=O) groups excluding carboxylic acids is 2. The molecule has 0 spiro atoms. The standard InChI is InChI=1S/C14H13ClO3S/c1-8(16)3-4-11(17)14-6-9-5-12(18-2)10(15)7-13(9)19-14/h5-7H,3-4H2,1-2H3. The van der Waals surface area contributed by atoms with Crippen molar-refractivity contribution < 1.29 is 14.3 Å².